The topological polar surface area (TPSA) is 63.5 Å². The number of morpholine rings is 1. The second kappa shape index (κ2) is 10.5. The lowest BCUT2D eigenvalue weighted by Gasteiger charge is -2.31. The van der Waals surface area contributed by atoms with E-state index in [1.54, 1.807) is 0 Å². The first kappa shape index (κ1) is 22.1. The number of piperidine rings is 1. The van der Waals surface area contributed by atoms with Crippen molar-refractivity contribution in [1.29, 1.82) is 0 Å². The molecule has 31 heavy (non-hydrogen) atoms. The number of benzene rings is 1. The average Bonchev–Trinajstić information content (AvgIpc) is 3.20. The van der Waals surface area contributed by atoms with Crippen molar-refractivity contribution in [1.82, 2.24) is 19.7 Å². The smallest absolute Gasteiger partial charge is 0.240 e. The summed E-state index contributed by atoms with van der Waals surface area (Å²) < 4.78 is 7.71. The molecule has 1 aromatic heterocycles. The quantitative estimate of drug-likeness (QED) is 0.609. The van der Waals surface area contributed by atoms with E-state index in [4.69, 9.17) is 4.74 Å². The standard InChI is InChI=1S/C23H33N5O2S/c1-18(2)17-28-22(27-13-15-30-16-14-27)24-25-23(28)31-20(19-9-5-3-6-10-19)21(29)26-11-7-4-8-12-26/h3,5-6,9-10,18,20H,4,7-8,11-17H2,1-2H3. The number of amides is 1. The number of ether oxygens (including phenoxy) is 1. The molecule has 8 heteroatoms. The number of nitrogens with zero attached hydrogens (tertiary/aromatic N) is 5. The molecule has 2 saturated heterocycles. The van der Waals surface area contributed by atoms with Crippen LogP contribution in [0.3, 0.4) is 0 Å². The third-order valence-corrected chi connectivity index (χ3v) is 6.98. The van der Waals surface area contributed by atoms with Crippen molar-refractivity contribution < 1.29 is 9.53 Å². The highest BCUT2D eigenvalue weighted by Gasteiger charge is 2.31. The van der Waals surface area contributed by atoms with E-state index in [1.165, 1.54) is 18.2 Å². The molecule has 0 bridgehead atoms. The fourth-order valence-corrected chi connectivity index (χ4v) is 5.29. The average molecular weight is 444 g/mol. The van der Waals surface area contributed by atoms with Gasteiger partial charge in [-0.25, -0.2) is 0 Å². The molecule has 2 aromatic rings. The van der Waals surface area contributed by atoms with Crippen molar-refractivity contribution in [2.24, 2.45) is 5.92 Å². The molecule has 1 atom stereocenters. The van der Waals surface area contributed by atoms with Crippen LogP contribution in [-0.2, 0) is 16.1 Å². The molecule has 0 radical (unpaired) electrons. The summed E-state index contributed by atoms with van der Waals surface area (Å²) in [5.41, 5.74) is 1.02. The number of anilines is 1. The molecule has 4 rings (SSSR count). The highest BCUT2D eigenvalue weighted by molar-refractivity contribution is 8.00. The molecule has 0 aliphatic carbocycles. The molecule has 1 amide bonds. The number of rotatable bonds is 7. The van der Waals surface area contributed by atoms with Crippen LogP contribution in [0.15, 0.2) is 35.5 Å². The minimum atomic E-state index is -0.313. The molecule has 7 nitrogen and oxygen atoms in total. The first-order valence-electron chi connectivity index (χ1n) is 11.4. The van der Waals surface area contributed by atoms with Gasteiger partial charge >= 0.3 is 0 Å². The first-order valence-corrected chi connectivity index (χ1v) is 12.3. The van der Waals surface area contributed by atoms with Gasteiger partial charge in [-0.2, -0.15) is 0 Å². The number of hydrogen-bond acceptors (Lipinski definition) is 6. The van der Waals surface area contributed by atoms with E-state index < -0.39 is 0 Å². The van der Waals surface area contributed by atoms with Gasteiger partial charge in [-0.3, -0.25) is 9.36 Å². The lowest BCUT2D eigenvalue weighted by molar-refractivity contribution is -0.131. The Kier molecular flexibility index (Phi) is 7.50. The summed E-state index contributed by atoms with van der Waals surface area (Å²) in [6.45, 7) is 9.96. The predicted octanol–water partition coefficient (Wildman–Crippen LogP) is 3.62. The highest BCUT2D eigenvalue weighted by atomic mass is 32.2. The predicted molar refractivity (Wildman–Crippen MR) is 123 cm³/mol. The zero-order valence-corrected chi connectivity index (χ0v) is 19.4. The third kappa shape index (κ3) is 5.41. The normalized spacial score (nSPS) is 18.4. The number of aromatic nitrogens is 3. The maximum absolute atomic E-state index is 13.6. The molecule has 1 aromatic carbocycles. The van der Waals surface area contributed by atoms with Crippen LogP contribution in [0.1, 0.15) is 43.9 Å². The van der Waals surface area contributed by atoms with E-state index in [-0.39, 0.29) is 11.2 Å². The fourth-order valence-electron chi connectivity index (χ4n) is 4.16. The zero-order valence-electron chi connectivity index (χ0n) is 18.6. The maximum Gasteiger partial charge on any atom is 0.240 e. The molecule has 0 N–H and O–H groups in total. The minimum absolute atomic E-state index is 0.183. The minimum Gasteiger partial charge on any atom is -0.378 e. The Balaban J connectivity index is 1.64. The first-order chi connectivity index (χ1) is 15.1. The van der Waals surface area contributed by atoms with Crippen molar-refractivity contribution in [3.63, 3.8) is 0 Å². The van der Waals surface area contributed by atoms with Crippen LogP contribution in [-0.4, -0.2) is 65.0 Å². The van der Waals surface area contributed by atoms with Gasteiger partial charge in [0, 0.05) is 32.7 Å². The summed E-state index contributed by atoms with van der Waals surface area (Å²) in [7, 11) is 0. The Hall–Kier alpha value is -2.06. The Morgan fingerprint density at radius 2 is 1.74 bits per heavy atom. The molecule has 0 saturated carbocycles. The third-order valence-electron chi connectivity index (χ3n) is 5.76. The highest BCUT2D eigenvalue weighted by Crippen LogP contribution is 2.38. The van der Waals surface area contributed by atoms with Gasteiger partial charge in [0.1, 0.15) is 5.25 Å². The second-order valence-electron chi connectivity index (χ2n) is 8.68. The maximum atomic E-state index is 13.6. The summed E-state index contributed by atoms with van der Waals surface area (Å²) in [6.07, 6.45) is 3.38. The summed E-state index contributed by atoms with van der Waals surface area (Å²) >= 11 is 1.54. The number of likely N-dealkylation sites (tertiary alicyclic amines) is 1. The number of thioether (sulfide) groups is 1. The van der Waals surface area contributed by atoms with Gasteiger partial charge in [0.15, 0.2) is 5.16 Å². The van der Waals surface area contributed by atoms with Crippen LogP contribution in [0, 0.1) is 5.92 Å². The van der Waals surface area contributed by atoms with Gasteiger partial charge in [-0.1, -0.05) is 55.9 Å². The van der Waals surface area contributed by atoms with Gasteiger partial charge in [-0.05, 0) is 30.7 Å². The van der Waals surface area contributed by atoms with Crippen LogP contribution in [0.5, 0.6) is 0 Å². The number of carbonyl (C=O) groups excluding carboxylic acids is 1. The number of carbonyl (C=O) groups is 1. The fraction of sp³-hybridized carbons (Fsp3) is 0.609. The van der Waals surface area contributed by atoms with Crippen LogP contribution < -0.4 is 4.90 Å². The largest absolute Gasteiger partial charge is 0.378 e. The van der Waals surface area contributed by atoms with Gasteiger partial charge in [-0.15, -0.1) is 10.2 Å². The number of hydrogen-bond donors (Lipinski definition) is 0. The van der Waals surface area contributed by atoms with E-state index >= 15 is 0 Å². The molecule has 1 unspecified atom stereocenters. The monoisotopic (exact) mass is 443 g/mol. The Morgan fingerprint density at radius 1 is 1.03 bits per heavy atom. The Labute approximate surface area is 189 Å². The second-order valence-corrected chi connectivity index (χ2v) is 9.75. The van der Waals surface area contributed by atoms with Gasteiger partial charge in [0.2, 0.25) is 11.9 Å². The van der Waals surface area contributed by atoms with Crippen LogP contribution in [0.25, 0.3) is 0 Å². The molecule has 2 aliphatic heterocycles. The summed E-state index contributed by atoms with van der Waals surface area (Å²) in [5, 5.41) is 9.61. The van der Waals surface area contributed by atoms with Crippen molar-refractivity contribution in [2.75, 3.05) is 44.3 Å². The van der Waals surface area contributed by atoms with E-state index in [2.05, 4.69) is 33.5 Å². The summed E-state index contributed by atoms with van der Waals surface area (Å²) in [5.74, 6) is 1.52. The van der Waals surface area contributed by atoms with Crippen LogP contribution in [0.2, 0.25) is 0 Å². The van der Waals surface area contributed by atoms with Gasteiger partial charge in [0.25, 0.3) is 0 Å². The summed E-state index contributed by atoms with van der Waals surface area (Å²) in [4.78, 5) is 17.8. The van der Waals surface area contributed by atoms with E-state index in [0.717, 1.165) is 62.2 Å². The van der Waals surface area contributed by atoms with Crippen molar-refractivity contribution >= 4 is 23.6 Å². The Bertz CT molecular complexity index is 845. The SMILES string of the molecule is CC(C)Cn1c(SC(C(=O)N2CCCCC2)c2ccccc2)nnc1N1CCOCC1. The van der Waals surface area contributed by atoms with Gasteiger partial charge in [0.05, 0.1) is 13.2 Å². The lowest BCUT2D eigenvalue weighted by Crippen LogP contribution is -2.38. The molecule has 168 valence electrons. The molecule has 0 spiro atoms. The zero-order chi connectivity index (χ0) is 21.6. The van der Waals surface area contributed by atoms with E-state index in [1.807, 2.05) is 35.2 Å². The van der Waals surface area contributed by atoms with E-state index in [9.17, 15) is 4.79 Å². The summed E-state index contributed by atoms with van der Waals surface area (Å²) in [6, 6.07) is 10.1. The van der Waals surface area contributed by atoms with Crippen molar-refractivity contribution in [2.45, 2.75) is 50.1 Å². The lowest BCUT2D eigenvalue weighted by atomic mass is 10.1. The van der Waals surface area contributed by atoms with Crippen LogP contribution >= 0.6 is 11.8 Å². The van der Waals surface area contributed by atoms with Gasteiger partial charge < -0.3 is 14.5 Å². The Morgan fingerprint density at radius 3 is 2.42 bits per heavy atom. The van der Waals surface area contributed by atoms with E-state index in [0.29, 0.717) is 19.1 Å². The molecular formula is C23H33N5O2S. The van der Waals surface area contributed by atoms with Crippen LogP contribution in [0.4, 0.5) is 5.95 Å². The van der Waals surface area contributed by atoms with Crippen molar-refractivity contribution in [3.05, 3.63) is 35.9 Å². The molecule has 2 fully saturated rings. The molecule has 3 heterocycles. The molecular weight excluding hydrogens is 410 g/mol. The molecule has 2 aliphatic rings. The van der Waals surface area contributed by atoms with Crippen molar-refractivity contribution in [3.8, 4) is 0 Å².